The SMILES string of the molecule is Cc1cc(C(=O)NCCN)c(NC(=O)C2CC2)s1. The van der Waals surface area contributed by atoms with Crippen LogP contribution in [0.25, 0.3) is 0 Å². The first kappa shape index (κ1) is 13.0. The van der Waals surface area contributed by atoms with Crippen molar-refractivity contribution < 1.29 is 9.59 Å². The van der Waals surface area contributed by atoms with Crippen molar-refractivity contribution in [2.24, 2.45) is 11.7 Å². The van der Waals surface area contributed by atoms with Crippen molar-refractivity contribution in [1.29, 1.82) is 0 Å². The molecule has 5 nitrogen and oxygen atoms in total. The Kier molecular flexibility index (Phi) is 3.98. The topological polar surface area (TPSA) is 84.2 Å². The summed E-state index contributed by atoms with van der Waals surface area (Å²) in [7, 11) is 0. The molecule has 0 radical (unpaired) electrons. The van der Waals surface area contributed by atoms with E-state index in [1.807, 2.05) is 6.92 Å². The first-order valence-electron chi connectivity index (χ1n) is 6.01. The van der Waals surface area contributed by atoms with Crippen LogP contribution in [-0.2, 0) is 4.79 Å². The zero-order chi connectivity index (χ0) is 13.1. The molecule has 1 aromatic heterocycles. The molecule has 2 rings (SSSR count). The third-order valence-electron chi connectivity index (χ3n) is 2.71. The Bertz CT molecular complexity index is 466. The average molecular weight is 267 g/mol. The zero-order valence-electron chi connectivity index (χ0n) is 10.3. The molecule has 1 saturated carbocycles. The third kappa shape index (κ3) is 3.08. The summed E-state index contributed by atoms with van der Waals surface area (Å²) < 4.78 is 0. The van der Waals surface area contributed by atoms with Crippen molar-refractivity contribution in [1.82, 2.24) is 5.32 Å². The minimum atomic E-state index is -0.184. The molecular formula is C12H17N3O2S. The Morgan fingerprint density at radius 3 is 2.83 bits per heavy atom. The fraction of sp³-hybridized carbons (Fsp3) is 0.500. The summed E-state index contributed by atoms with van der Waals surface area (Å²) in [6, 6.07) is 1.79. The standard InChI is InChI=1S/C12H17N3O2S/c1-7-6-9(11(17)14-5-4-13)12(18-7)15-10(16)8-2-3-8/h6,8H,2-5,13H2,1H3,(H,14,17)(H,15,16). The number of hydrogen-bond acceptors (Lipinski definition) is 4. The average Bonchev–Trinajstić information content (AvgIpc) is 3.11. The van der Waals surface area contributed by atoms with Gasteiger partial charge in [-0.2, -0.15) is 0 Å². The lowest BCUT2D eigenvalue weighted by atomic mass is 10.2. The molecular weight excluding hydrogens is 250 g/mol. The van der Waals surface area contributed by atoms with E-state index in [0.29, 0.717) is 23.7 Å². The van der Waals surface area contributed by atoms with Crippen molar-refractivity contribution in [2.75, 3.05) is 18.4 Å². The molecule has 0 spiro atoms. The lowest BCUT2D eigenvalue weighted by Crippen LogP contribution is -2.29. The summed E-state index contributed by atoms with van der Waals surface area (Å²) in [4.78, 5) is 24.6. The van der Waals surface area contributed by atoms with Gasteiger partial charge in [-0.3, -0.25) is 9.59 Å². The maximum absolute atomic E-state index is 11.9. The number of nitrogens with one attached hydrogen (secondary N) is 2. The summed E-state index contributed by atoms with van der Waals surface area (Å²) >= 11 is 1.43. The number of aryl methyl sites for hydroxylation is 1. The molecule has 1 aliphatic rings. The fourth-order valence-electron chi connectivity index (χ4n) is 1.62. The van der Waals surface area contributed by atoms with Crippen LogP contribution in [0.3, 0.4) is 0 Å². The largest absolute Gasteiger partial charge is 0.351 e. The maximum atomic E-state index is 11.9. The van der Waals surface area contributed by atoms with Gasteiger partial charge in [0.25, 0.3) is 5.91 Å². The van der Waals surface area contributed by atoms with Gasteiger partial charge in [-0.15, -0.1) is 11.3 Å². The first-order chi connectivity index (χ1) is 8.61. The van der Waals surface area contributed by atoms with Crippen LogP contribution in [0.2, 0.25) is 0 Å². The summed E-state index contributed by atoms with van der Waals surface area (Å²) in [5.41, 5.74) is 5.87. The van der Waals surface area contributed by atoms with E-state index in [-0.39, 0.29) is 17.7 Å². The van der Waals surface area contributed by atoms with Gasteiger partial charge in [0.15, 0.2) is 0 Å². The van der Waals surface area contributed by atoms with Gasteiger partial charge in [-0.1, -0.05) is 0 Å². The van der Waals surface area contributed by atoms with E-state index >= 15 is 0 Å². The zero-order valence-corrected chi connectivity index (χ0v) is 11.1. The predicted octanol–water partition coefficient (Wildman–Crippen LogP) is 1.09. The van der Waals surface area contributed by atoms with Crippen molar-refractivity contribution in [3.8, 4) is 0 Å². The molecule has 1 fully saturated rings. The van der Waals surface area contributed by atoms with Crippen LogP contribution in [-0.4, -0.2) is 24.9 Å². The molecule has 2 amide bonds. The van der Waals surface area contributed by atoms with E-state index in [2.05, 4.69) is 10.6 Å². The van der Waals surface area contributed by atoms with Gasteiger partial charge in [0.05, 0.1) is 5.56 Å². The lowest BCUT2D eigenvalue weighted by molar-refractivity contribution is -0.117. The normalized spacial score (nSPS) is 14.3. The highest BCUT2D eigenvalue weighted by molar-refractivity contribution is 7.16. The van der Waals surface area contributed by atoms with Crippen LogP contribution >= 0.6 is 11.3 Å². The number of thiophene rings is 1. The molecule has 0 bridgehead atoms. The number of rotatable bonds is 5. The van der Waals surface area contributed by atoms with E-state index in [1.165, 1.54) is 11.3 Å². The van der Waals surface area contributed by atoms with Gasteiger partial charge >= 0.3 is 0 Å². The Morgan fingerprint density at radius 2 is 2.22 bits per heavy atom. The molecule has 1 aromatic rings. The molecule has 0 unspecified atom stereocenters. The highest BCUT2D eigenvalue weighted by atomic mass is 32.1. The highest BCUT2D eigenvalue weighted by Crippen LogP contribution is 2.33. The highest BCUT2D eigenvalue weighted by Gasteiger charge is 2.30. The Labute approximate surface area is 110 Å². The van der Waals surface area contributed by atoms with Crippen LogP contribution in [0.5, 0.6) is 0 Å². The molecule has 0 atom stereocenters. The number of carbonyl (C=O) groups is 2. The van der Waals surface area contributed by atoms with Gasteiger partial charge < -0.3 is 16.4 Å². The van der Waals surface area contributed by atoms with E-state index in [1.54, 1.807) is 6.07 Å². The summed E-state index contributed by atoms with van der Waals surface area (Å²) in [6.07, 6.45) is 1.90. The second kappa shape index (κ2) is 5.49. The van der Waals surface area contributed by atoms with Gasteiger partial charge in [0.1, 0.15) is 5.00 Å². The van der Waals surface area contributed by atoms with E-state index in [0.717, 1.165) is 17.7 Å². The third-order valence-corrected chi connectivity index (χ3v) is 3.68. The number of anilines is 1. The number of hydrogen-bond donors (Lipinski definition) is 3. The van der Waals surface area contributed by atoms with Gasteiger partial charge in [-0.25, -0.2) is 0 Å². The molecule has 1 aliphatic carbocycles. The summed E-state index contributed by atoms with van der Waals surface area (Å²) in [5, 5.41) is 6.19. The second-order valence-electron chi connectivity index (χ2n) is 4.41. The monoisotopic (exact) mass is 267 g/mol. The van der Waals surface area contributed by atoms with Gasteiger partial charge in [-0.05, 0) is 25.8 Å². The Balaban J connectivity index is 2.08. The minimum Gasteiger partial charge on any atom is -0.351 e. The molecule has 0 saturated heterocycles. The summed E-state index contributed by atoms with van der Waals surface area (Å²) in [6.45, 7) is 2.75. The van der Waals surface area contributed by atoms with Crippen molar-refractivity contribution in [3.63, 3.8) is 0 Å². The smallest absolute Gasteiger partial charge is 0.254 e. The Hall–Kier alpha value is -1.40. The van der Waals surface area contributed by atoms with Crippen molar-refractivity contribution in [2.45, 2.75) is 19.8 Å². The summed E-state index contributed by atoms with van der Waals surface area (Å²) in [5.74, 6) is -0.0343. The maximum Gasteiger partial charge on any atom is 0.254 e. The van der Waals surface area contributed by atoms with E-state index in [4.69, 9.17) is 5.73 Å². The van der Waals surface area contributed by atoms with Crippen molar-refractivity contribution in [3.05, 3.63) is 16.5 Å². The molecule has 0 aliphatic heterocycles. The molecule has 1 heterocycles. The van der Waals surface area contributed by atoms with Gasteiger partial charge in [0.2, 0.25) is 5.91 Å². The molecule has 6 heteroatoms. The van der Waals surface area contributed by atoms with E-state index in [9.17, 15) is 9.59 Å². The van der Waals surface area contributed by atoms with Crippen LogP contribution in [0.1, 0.15) is 28.1 Å². The lowest BCUT2D eigenvalue weighted by Gasteiger charge is -2.06. The van der Waals surface area contributed by atoms with Crippen LogP contribution in [0.4, 0.5) is 5.00 Å². The minimum absolute atomic E-state index is 0.0183. The van der Waals surface area contributed by atoms with E-state index < -0.39 is 0 Å². The molecule has 98 valence electrons. The fourth-order valence-corrected chi connectivity index (χ4v) is 2.53. The quantitative estimate of drug-likeness (QED) is 0.746. The molecule has 18 heavy (non-hydrogen) atoms. The number of amides is 2. The predicted molar refractivity (Wildman–Crippen MR) is 71.8 cm³/mol. The first-order valence-corrected chi connectivity index (χ1v) is 6.83. The van der Waals surface area contributed by atoms with Crippen LogP contribution in [0, 0.1) is 12.8 Å². The molecule has 0 aromatic carbocycles. The Morgan fingerprint density at radius 1 is 1.50 bits per heavy atom. The van der Waals surface area contributed by atoms with Crippen LogP contribution < -0.4 is 16.4 Å². The number of nitrogens with two attached hydrogens (primary N) is 1. The number of carbonyl (C=O) groups excluding carboxylic acids is 2. The second-order valence-corrected chi connectivity index (χ2v) is 5.66. The van der Waals surface area contributed by atoms with Gasteiger partial charge in [0, 0.05) is 23.9 Å². The van der Waals surface area contributed by atoms with Crippen molar-refractivity contribution >= 4 is 28.2 Å². The molecule has 4 N–H and O–H groups in total. The van der Waals surface area contributed by atoms with Crippen LogP contribution in [0.15, 0.2) is 6.07 Å².